The summed E-state index contributed by atoms with van der Waals surface area (Å²) in [4.78, 5) is 1.73. The van der Waals surface area contributed by atoms with E-state index in [1.807, 2.05) is 0 Å². The zero-order valence-electron chi connectivity index (χ0n) is 11.9. The molecule has 0 amide bonds. The van der Waals surface area contributed by atoms with E-state index in [0.29, 0.717) is 5.56 Å². The van der Waals surface area contributed by atoms with Crippen molar-refractivity contribution in [1.29, 1.82) is 0 Å². The monoisotopic (exact) mass is 324 g/mol. The molecule has 1 aromatic rings. The smallest absolute Gasteiger partial charge is 0.329 e. The quantitative estimate of drug-likeness (QED) is 0.865. The molecule has 21 heavy (non-hydrogen) atoms. The molecule has 120 valence electrons. The number of hydrogen-bond donors (Lipinski definition) is 1. The largest absolute Gasteiger partial charge is 0.416 e. The zero-order chi connectivity index (χ0) is 16.3. The first-order chi connectivity index (χ1) is 9.54. The maximum Gasteiger partial charge on any atom is 0.416 e. The molecule has 0 bridgehead atoms. The number of likely N-dealkylation sites (N-methyl/N-ethyl adjacent to an activating group) is 1. The van der Waals surface area contributed by atoms with Crippen LogP contribution in [-0.2, 0) is 16.0 Å². The van der Waals surface area contributed by atoms with Crippen LogP contribution in [0.3, 0.4) is 0 Å². The lowest BCUT2D eigenvalue weighted by Gasteiger charge is -2.27. The second-order valence-electron chi connectivity index (χ2n) is 4.98. The molecule has 8 heteroatoms. The van der Waals surface area contributed by atoms with Crippen molar-refractivity contribution in [3.8, 4) is 0 Å². The van der Waals surface area contributed by atoms with E-state index in [9.17, 15) is 21.6 Å². The minimum Gasteiger partial charge on any atom is -0.329 e. The van der Waals surface area contributed by atoms with Gasteiger partial charge in [0, 0.05) is 25.4 Å². The summed E-state index contributed by atoms with van der Waals surface area (Å²) in [6.07, 6.45) is -3.24. The van der Waals surface area contributed by atoms with E-state index < -0.39 is 21.6 Å². The fourth-order valence-corrected chi connectivity index (χ4v) is 2.55. The Bertz CT molecular complexity index is 556. The molecular weight excluding hydrogens is 305 g/mol. The summed E-state index contributed by atoms with van der Waals surface area (Å²) in [5.41, 5.74) is 5.56. The van der Waals surface area contributed by atoms with Gasteiger partial charge >= 0.3 is 6.18 Å². The molecule has 0 heterocycles. The highest BCUT2D eigenvalue weighted by molar-refractivity contribution is 7.90. The minimum absolute atomic E-state index is 0.0271. The topological polar surface area (TPSA) is 63.4 Å². The molecule has 1 rings (SSSR count). The molecule has 0 aliphatic heterocycles. The Kier molecular flexibility index (Phi) is 5.77. The number of rotatable bonds is 6. The Morgan fingerprint density at radius 1 is 1.24 bits per heavy atom. The number of nitrogens with two attached hydrogens (primary N) is 1. The molecule has 0 aliphatic carbocycles. The van der Waals surface area contributed by atoms with E-state index in [-0.39, 0.29) is 24.9 Å². The molecule has 2 N–H and O–H groups in total. The highest BCUT2D eigenvalue weighted by Gasteiger charge is 2.30. The second kappa shape index (κ2) is 6.76. The minimum atomic E-state index is -4.38. The summed E-state index contributed by atoms with van der Waals surface area (Å²) < 4.78 is 59.8. The van der Waals surface area contributed by atoms with Crippen molar-refractivity contribution in [2.75, 3.05) is 32.1 Å². The summed E-state index contributed by atoms with van der Waals surface area (Å²) in [6, 6.07) is 4.42. The molecule has 0 spiro atoms. The van der Waals surface area contributed by atoms with Gasteiger partial charge in [0.2, 0.25) is 0 Å². The van der Waals surface area contributed by atoms with Gasteiger partial charge in [-0.1, -0.05) is 12.1 Å². The molecule has 0 fully saturated rings. The van der Waals surface area contributed by atoms with Crippen LogP contribution >= 0.6 is 0 Å². The van der Waals surface area contributed by atoms with Gasteiger partial charge in [-0.3, -0.25) is 4.90 Å². The summed E-state index contributed by atoms with van der Waals surface area (Å²) in [7, 11) is -1.41. The lowest BCUT2D eigenvalue weighted by Crippen LogP contribution is -2.34. The molecule has 0 aliphatic rings. The van der Waals surface area contributed by atoms with Gasteiger partial charge in [-0.05, 0) is 24.7 Å². The molecule has 1 atom stereocenters. The molecule has 0 saturated heterocycles. The van der Waals surface area contributed by atoms with E-state index in [1.54, 1.807) is 11.9 Å². The van der Waals surface area contributed by atoms with Crippen molar-refractivity contribution >= 4 is 9.84 Å². The van der Waals surface area contributed by atoms with Gasteiger partial charge in [-0.25, -0.2) is 8.42 Å². The predicted molar refractivity (Wildman–Crippen MR) is 75.6 cm³/mol. The molecule has 0 aromatic heterocycles. The summed E-state index contributed by atoms with van der Waals surface area (Å²) in [5.74, 6) is -0.0271. The van der Waals surface area contributed by atoms with Crippen LogP contribution in [0, 0.1) is 0 Å². The lowest BCUT2D eigenvalue weighted by molar-refractivity contribution is -0.137. The van der Waals surface area contributed by atoms with Gasteiger partial charge in [0.15, 0.2) is 0 Å². The third-order valence-corrected chi connectivity index (χ3v) is 4.12. The average Bonchev–Trinajstić information content (AvgIpc) is 2.36. The number of benzene rings is 1. The Hall–Kier alpha value is -1.12. The molecule has 4 nitrogen and oxygen atoms in total. The third kappa shape index (κ3) is 5.64. The molecule has 0 saturated carbocycles. The predicted octanol–water partition coefficient (Wildman–Crippen LogP) is 1.68. The van der Waals surface area contributed by atoms with Crippen LogP contribution in [0.15, 0.2) is 24.3 Å². The highest BCUT2D eigenvalue weighted by Crippen LogP contribution is 2.30. The average molecular weight is 324 g/mol. The van der Waals surface area contributed by atoms with E-state index >= 15 is 0 Å². The van der Waals surface area contributed by atoms with Crippen LogP contribution in [0.25, 0.3) is 0 Å². The van der Waals surface area contributed by atoms with Crippen LogP contribution in [0.1, 0.15) is 17.2 Å². The zero-order valence-corrected chi connectivity index (χ0v) is 12.7. The standard InChI is InChI=1S/C13H19F3N2O2S/c1-18(7-8-21(2,19)20)12(9-17)10-3-5-11(6-4-10)13(14,15)16/h3-6,12H,7-9,17H2,1-2H3. The van der Waals surface area contributed by atoms with Crippen LogP contribution < -0.4 is 5.73 Å². The van der Waals surface area contributed by atoms with E-state index in [0.717, 1.165) is 18.4 Å². The van der Waals surface area contributed by atoms with Gasteiger partial charge in [-0.2, -0.15) is 13.2 Å². The summed E-state index contributed by atoms with van der Waals surface area (Å²) >= 11 is 0. The van der Waals surface area contributed by atoms with Crippen molar-refractivity contribution in [3.05, 3.63) is 35.4 Å². The number of nitrogens with zero attached hydrogens (tertiary/aromatic N) is 1. The van der Waals surface area contributed by atoms with Crippen molar-refractivity contribution in [3.63, 3.8) is 0 Å². The first kappa shape index (κ1) is 17.9. The fraction of sp³-hybridized carbons (Fsp3) is 0.538. The highest BCUT2D eigenvalue weighted by atomic mass is 32.2. The van der Waals surface area contributed by atoms with Crippen molar-refractivity contribution in [1.82, 2.24) is 4.90 Å². The van der Waals surface area contributed by atoms with E-state index in [4.69, 9.17) is 5.73 Å². The van der Waals surface area contributed by atoms with Crippen LogP contribution in [0.4, 0.5) is 13.2 Å². The molecule has 1 aromatic carbocycles. The Balaban J connectivity index is 2.85. The first-order valence-electron chi connectivity index (χ1n) is 6.30. The summed E-state index contributed by atoms with van der Waals surface area (Å²) in [6.45, 7) is 0.452. The Morgan fingerprint density at radius 3 is 2.14 bits per heavy atom. The van der Waals surface area contributed by atoms with E-state index in [1.165, 1.54) is 12.1 Å². The summed E-state index contributed by atoms with van der Waals surface area (Å²) in [5, 5.41) is 0. The maximum absolute atomic E-state index is 12.5. The third-order valence-electron chi connectivity index (χ3n) is 3.19. The van der Waals surface area contributed by atoms with Gasteiger partial charge in [-0.15, -0.1) is 0 Å². The Morgan fingerprint density at radius 2 is 1.76 bits per heavy atom. The number of sulfone groups is 1. The maximum atomic E-state index is 12.5. The van der Waals surface area contributed by atoms with Crippen molar-refractivity contribution in [2.24, 2.45) is 5.73 Å². The normalized spacial score (nSPS) is 14.4. The van der Waals surface area contributed by atoms with Gasteiger partial charge in [0.25, 0.3) is 0 Å². The van der Waals surface area contributed by atoms with Crippen LogP contribution in [-0.4, -0.2) is 45.5 Å². The van der Waals surface area contributed by atoms with Gasteiger partial charge < -0.3 is 5.73 Å². The van der Waals surface area contributed by atoms with E-state index in [2.05, 4.69) is 0 Å². The first-order valence-corrected chi connectivity index (χ1v) is 8.36. The SMILES string of the molecule is CN(CCS(C)(=O)=O)C(CN)c1ccc(C(F)(F)F)cc1. The molecular formula is C13H19F3N2O2S. The Labute approximate surface area is 122 Å². The number of hydrogen-bond acceptors (Lipinski definition) is 4. The lowest BCUT2D eigenvalue weighted by atomic mass is 10.0. The van der Waals surface area contributed by atoms with Crippen LogP contribution in [0.2, 0.25) is 0 Å². The van der Waals surface area contributed by atoms with Crippen molar-refractivity contribution < 1.29 is 21.6 Å². The van der Waals surface area contributed by atoms with Crippen LogP contribution in [0.5, 0.6) is 0 Å². The van der Waals surface area contributed by atoms with Gasteiger partial charge in [0.1, 0.15) is 9.84 Å². The number of alkyl halides is 3. The second-order valence-corrected chi connectivity index (χ2v) is 7.24. The van der Waals surface area contributed by atoms with Gasteiger partial charge in [0.05, 0.1) is 11.3 Å². The fourth-order valence-electron chi connectivity index (χ4n) is 1.93. The molecule has 1 unspecified atom stereocenters. The van der Waals surface area contributed by atoms with Crippen molar-refractivity contribution in [2.45, 2.75) is 12.2 Å². The molecule has 0 radical (unpaired) electrons. The number of halogens is 3.